The lowest BCUT2D eigenvalue weighted by Gasteiger charge is -2.61. The molecule has 1 spiro atoms. The largest absolute Gasteiger partial charge is 0.398 e. The molecule has 1 aliphatic heterocycles. The molecule has 2 aromatic rings. The minimum absolute atomic E-state index is 0.292. The molecule has 1 atom stereocenters. The van der Waals surface area contributed by atoms with Gasteiger partial charge < -0.3 is 10.6 Å². The van der Waals surface area contributed by atoms with Crippen molar-refractivity contribution in [2.75, 3.05) is 23.7 Å². The fraction of sp³-hybridized carbons (Fsp3) is 0.621. The summed E-state index contributed by atoms with van der Waals surface area (Å²) >= 11 is 0. The fourth-order valence-electron chi connectivity index (χ4n) is 6.77. The standard InChI is InChI=1S/C29H39N5/c1-5-7-19-9-11-24(31)23(15-30)27(19)20-8-10-22-25(12-20)32-26(6-2)33-28(22)34-16-29(17-34)13-21(14-29)18(3)4/h9,11,18,20-21H,5-8,10,12-14,16-17,31H2,1-4H3. The van der Waals surface area contributed by atoms with Gasteiger partial charge in [-0.2, -0.15) is 5.26 Å². The number of benzene rings is 1. The highest BCUT2D eigenvalue weighted by Crippen LogP contribution is 2.55. The van der Waals surface area contributed by atoms with E-state index in [-0.39, 0.29) is 0 Å². The Morgan fingerprint density at radius 3 is 2.62 bits per heavy atom. The Kier molecular flexibility index (Phi) is 6.04. The molecule has 0 radical (unpaired) electrons. The summed E-state index contributed by atoms with van der Waals surface area (Å²) in [6.45, 7) is 11.4. The Morgan fingerprint density at radius 2 is 1.97 bits per heavy atom. The van der Waals surface area contributed by atoms with Crippen LogP contribution in [-0.2, 0) is 25.7 Å². The van der Waals surface area contributed by atoms with E-state index in [1.165, 1.54) is 41.0 Å². The van der Waals surface area contributed by atoms with E-state index in [0.717, 1.165) is 69.3 Å². The summed E-state index contributed by atoms with van der Waals surface area (Å²) in [7, 11) is 0. The molecule has 1 unspecified atom stereocenters. The van der Waals surface area contributed by atoms with E-state index in [0.29, 0.717) is 22.6 Å². The Bertz CT molecular complexity index is 1110. The van der Waals surface area contributed by atoms with Crippen LogP contribution in [0, 0.1) is 28.6 Å². The molecular weight excluding hydrogens is 418 g/mol. The van der Waals surface area contributed by atoms with Crippen LogP contribution in [0.3, 0.4) is 0 Å². The first kappa shape index (κ1) is 23.1. The number of aromatic nitrogens is 2. The van der Waals surface area contributed by atoms with Crippen molar-refractivity contribution in [1.82, 2.24) is 9.97 Å². The Hall–Kier alpha value is -2.61. The number of aryl methyl sites for hydroxylation is 2. The number of nitrogens with two attached hydrogens (primary N) is 1. The van der Waals surface area contributed by atoms with Gasteiger partial charge >= 0.3 is 0 Å². The van der Waals surface area contributed by atoms with E-state index < -0.39 is 0 Å². The number of nitriles is 1. The molecule has 1 saturated heterocycles. The molecule has 3 aliphatic rings. The van der Waals surface area contributed by atoms with Gasteiger partial charge in [-0.05, 0) is 73.5 Å². The van der Waals surface area contributed by atoms with Crippen LogP contribution in [0.15, 0.2) is 12.1 Å². The van der Waals surface area contributed by atoms with Gasteiger partial charge in [-0.25, -0.2) is 9.97 Å². The van der Waals surface area contributed by atoms with Gasteiger partial charge in [0, 0.05) is 36.2 Å². The lowest BCUT2D eigenvalue weighted by atomic mass is 9.55. The van der Waals surface area contributed by atoms with E-state index in [4.69, 9.17) is 15.7 Å². The molecule has 2 fully saturated rings. The molecule has 1 saturated carbocycles. The van der Waals surface area contributed by atoms with Gasteiger partial charge in [0.15, 0.2) is 0 Å². The maximum atomic E-state index is 9.92. The van der Waals surface area contributed by atoms with Gasteiger partial charge in [-0.15, -0.1) is 0 Å². The molecule has 0 amide bonds. The maximum absolute atomic E-state index is 9.92. The summed E-state index contributed by atoms with van der Waals surface area (Å²) in [5.41, 5.74) is 13.1. The van der Waals surface area contributed by atoms with Gasteiger partial charge in [0.2, 0.25) is 0 Å². The average molecular weight is 458 g/mol. The van der Waals surface area contributed by atoms with Gasteiger partial charge in [-0.3, -0.25) is 0 Å². The second-order valence-corrected chi connectivity index (χ2v) is 11.4. The molecule has 2 N–H and O–H groups in total. The summed E-state index contributed by atoms with van der Waals surface area (Å²) in [5, 5.41) is 9.92. The van der Waals surface area contributed by atoms with E-state index in [1.807, 2.05) is 6.07 Å². The summed E-state index contributed by atoms with van der Waals surface area (Å²) in [6.07, 6.45) is 8.53. The van der Waals surface area contributed by atoms with E-state index in [1.54, 1.807) is 0 Å². The van der Waals surface area contributed by atoms with Crippen molar-refractivity contribution in [2.24, 2.45) is 17.3 Å². The van der Waals surface area contributed by atoms with E-state index >= 15 is 0 Å². The van der Waals surface area contributed by atoms with Gasteiger partial charge in [0.05, 0.1) is 11.3 Å². The first-order valence-electron chi connectivity index (χ1n) is 13.3. The van der Waals surface area contributed by atoms with Crippen molar-refractivity contribution < 1.29 is 0 Å². The van der Waals surface area contributed by atoms with E-state index in [2.05, 4.69) is 44.7 Å². The van der Waals surface area contributed by atoms with Crippen LogP contribution in [0.5, 0.6) is 0 Å². The fourth-order valence-corrected chi connectivity index (χ4v) is 6.77. The van der Waals surface area contributed by atoms with Crippen LogP contribution in [-0.4, -0.2) is 23.1 Å². The molecule has 180 valence electrons. The summed E-state index contributed by atoms with van der Waals surface area (Å²) in [5.74, 6) is 4.14. The van der Waals surface area contributed by atoms with Crippen LogP contribution >= 0.6 is 0 Å². The Labute approximate surface area is 204 Å². The van der Waals surface area contributed by atoms with Crippen molar-refractivity contribution >= 4 is 11.5 Å². The van der Waals surface area contributed by atoms with Crippen molar-refractivity contribution in [3.8, 4) is 6.07 Å². The van der Waals surface area contributed by atoms with Crippen LogP contribution in [0.1, 0.15) is 93.1 Å². The van der Waals surface area contributed by atoms with Gasteiger partial charge in [0.25, 0.3) is 0 Å². The zero-order chi connectivity index (χ0) is 24.0. The zero-order valence-electron chi connectivity index (χ0n) is 21.3. The number of fused-ring (bicyclic) bond motifs is 1. The van der Waals surface area contributed by atoms with Gasteiger partial charge in [0.1, 0.15) is 17.7 Å². The molecule has 1 aromatic carbocycles. The lowest BCUT2D eigenvalue weighted by Crippen LogP contribution is -2.63. The first-order valence-corrected chi connectivity index (χ1v) is 13.3. The SMILES string of the molecule is CCCc1ccc(N)c(C#N)c1C1CCc2c(nc(CC)nc2N2CC3(CC(C(C)C)C3)C2)C1. The van der Waals surface area contributed by atoms with Crippen LogP contribution in [0.2, 0.25) is 0 Å². The topological polar surface area (TPSA) is 78.8 Å². The number of hydrogen-bond donors (Lipinski definition) is 1. The number of hydrogen-bond acceptors (Lipinski definition) is 5. The molecule has 1 aromatic heterocycles. The predicted molar refractivity (Wildman–Crippen MR) is 138 cm³/mol. The monoisotopic (exact) mass is 457 g/mol. The number of nitrogen functional groups attached to an aromatic ring is 1. The van der Waals surface area contributed by atoms with Crippen LogP contribution in [0.25, 0.3) is 0 Å². The number of rotatable bonds is 6. The minimum Gasteiger partial charge on any atom is -0.398 e. The average Bonchev–Trinajstić information content (AvgIpc) is 2.77. The summed E-state index contributed by atoms with van der Waals surface area (Å²) < 4.78 is 0. The second-order valence-electron chi connectivity index (χ2n) is 11.4. The van der Waals surface area contributed by atoms with Crippen molar-refractivity contribution in [2.45, 2.75) is 85.0 Å². The normalized spacial score (nSPS) is 21.2. The molecular formula is C29H39N5. The number of anilines is 2. The molecule has 0 bridgehead atoms. The molecule has 5 nitrogen and oxygen atoms in total. The molecule has 2 heterocycles. The molecule has 5 rings (SSSR count). The molecule has 2 aliphatic carbocycles. The maximum Gasteiger partial charge on any atom is 0.135 e. The summed E-state index contributed by atoms with van der Waals surface area (Å²) in [4.78, 5) is 12.6. The number of nitrogens with zero attached hydrogens (tertiary/aromatic N) is 4. The van der Waals surface area contributed by atoms with E-state index in [9.17, 15) is 5.26 Å². The Balaban J connectivity index is 1.43. The van der Waals surface area contributed by atoms with Crippen molar-refractivity contribution in [3.05, 3.63) is 45.9 Å². The highest BCUT2D eigenvalue weighted by molar-refractivity contribution is 5.62. The third-order valence-corrected chi connectivity index (χ3v) is 8.71. The molecule has 34 heavy (non-hydrogen) atoms. The van der Waals surface area contributed by atoms with Gasteiger partial charge in [-0.1, -0.05) is 40.2 Å². The predicted octanol–water partition coefficient (Wildman–Crippen LogP) is 5.59. The smallest absolute Gasteiger partial charge is 0.135 e. The van der Waals surface area contributed by atoms with Crippen LogP contribution < -0.4 is 10.6 Å². The molecule has 5 heteroatoms. The third-order valence-electron chi connectivity index (χ3n) is 8.71. The quantitative estimate of drug-likeness (QED) is 0.572. The zero-order valence-corrected chi connectivity index (χ0v) is 21.3. The second kappa shape index (κ2) is 8.87. The minimum atomic E-state index is 0.292. The Morgan fingerprint density at radius 1 is 1.21 bits per heavy atom. The first-order chi connectivity index (χ1) is 16.4. The van der Waals surface area contributed by atoms with Crippen LogP contribution in [0.4, 0.5) is 11.5 Å². The highest BCUT2D eigenvalue weighted by Gasteiger charge is 2.53. The van der Waals surface area contributed by atoms with Crippen molar-refractivity contribution in [1.29, 1.82) is 5.26 Å². The summed E-state index contributed by atoms with van der Waals surface area (Å²) in [6, 6.07) is 6.46. The van der Waals surface area contributed by atoms with Crippen molar-refractivity contribution in [3.63, 3.8) is 0 Å². The third kappa shape index (κ3) is 3.85. The lowest BCUT2D eigenvalue weighted by molar-refractivity contribution is -0.00112. The highest BCUT2D eigenvalue weighted by atomic mass is 15.3.